The number of esters is 3. The molecule has 0 aromatic rings. The van der Waals surface area contributed by atoms with Gasteiger partial charge in [-0.2, -0.15) is 0 Å². The predicted octanol–water partition coefficient (Wildman–Crippen LogP) is 11.5. The van der Waals surface area contributed by atoms with E-state index in [1.165, 1.54) is 89.9 Å². The highest BCUT2D eigenvalue weighted by Gasteiger charge is 2.19. The van der Waals surface area contributed by atoms with E-state index in [-0.39, 0.29) is 31.1 Å². The maximum atomic E-state index is 12.6. The normalized spacial score (nSPS) is 12.7. The zero-order chi connectivity index (χ0) is 33.4. The number of hydrogen-bond acceptors (Lipinski definition) is 6. The van der Waals surface area contributed by atoms with Gasteiger partial charge in [0.15, 0.2) is 6.10 Å². The standard InChI is InChI=1S/C39H74O6/c1-6-8-9-10-12-19-24-29-37(40)43-32-36(45-39(42)31-26-21-16-15-18-23-28-35(5)7-2)33-44-38(41)30-25-20-14-11-13-17-22-27-34(3)4/h34-36H,6-33H2,1-5H3/t35?,36-/m1/s1. The molecule has 6 nitrogen and oxygen atoms in total. The largest absolute Gasteiger partial charge is 0.462 e. The minimum Gasteiger partial charge on any atom is -0.462 e. The summed E-state index contributed by atoms with van der Waals surface area (Å²) in [6.07, 6.45) is 26.8. The van der Waals surface area contributed by atoms with Crippen molar-refractivity contribution in [3.63, 3.8) is 0 Å². The van der Waals surface area contributed by atoms with Crippen molar-refractivity contribution < 1.29 is 28.6 Å². The Balaban J connectivity index is 4.37. The van der Waals surface area contributed by atoms with Crippen LogP contribution in [0.1, 0.15) is 202 Å². The fourth-order valence-electron chi connectivity index (χ4n) is 5.48. The summed E-state index contributed by atoms with van der Waals surface area (Å²) < 4.78 is 16.5. The number of rotatable bonds is 33. The molecule has 0 saturated carbocycles. The van der Waals surface area contributed by atoms with Gasteiger partial charge in [-0.25, -0.2) is 0 Å². The average molecular weight is 639 g/mol. The van der Waals surface area contributed by atoms with Crippen LogP contribution in [0.2, 0.25) is 0 Å². The molecule has 0 heterocycles. The van der Waals surface area contributed by atoms with E-state index in [9.17, 15) is 14.4 Å². The highest BCUT2D eigenvalue weighted by atomic mass is 16.6. The van der Waals surface area contributed by atoms with Gasteiger partial charge in [-0.1, -0.05) is 163 Å². The van der Waals surface area contributed by atoms with Gasteiger partial charge >= 0.3 is 17.9 Å². The first-order valence-electron chi connectivity index (χ1n) is 19.3. The van der Waals surface area contributed by atoms with E-state index in [2.05, 4.69) is 34.6 Å². The average Bonchev–Trinajstić information content (AvgIpc) is 3.01. The minimum atomic E-state index is -0.758. The first-order valence-corrected chi connectivity index (χ1v) is 19.3. The van der Waals surface area contributed by atoms with E-state index in [0.29, 0.717) is 19.3 Å². The van der Waals surface area contributed by atoms with Crippen molar-refractivity contribution in [2.75, 3.05) is 13.2 Å². The van der Waals surface area contributed by atoms with Crippen molar-refractivity contribution in [2.24, 2.45) is 11.8 Å². The van der Waals surface area contributed by atoms with Crippen molar-refractivity contribution in [2.45, 2.75) is 208 Å². The third kappa shape index (κ3) is 32.2. The van der Waals surface area contributed by atoms with Crippen LogP contribution in [0, 0.1) is 11.8 Å². The Hall–Kier alpha value is -1.59. The molecular formula is C39H74O6. The molecule has 0 fully saturated rings. The molecule has 0 rings (SSSR count). The lowest BCUT2D eigenvalue weighted by molar-refractivity contribution is -0.167. The molecule has 0 saturated heterocycles. The topological polar surface area (TPSA) is 78.9 Å². The van der Waals surface area contributed by atoms with E-state index in [1.807, 2.05) is 0 Å². The molecule has 0 aliphatic carbocycles. The van der Waals surface area contributed by atoms with Crippen molar-refractivity contribution in [3.8, 4) is 0 Å². The molecule has 266 valence electrons. The summed E-state index contributed by atoms with van der Waals surface area (Å²) in [4.78, 5) is 37.3. The maximum Gasteiger partial charge on any atom is 0.306 e. The van der Waals surface area contributed by atoms with Gasteiger partial charge in [0.2, 0.25) is 0 Å². The van der Waals surface area contributed by atoms with Crippen LogP contribution < -0.4 is 0 Å². The Morgan fingerprint density at radius 1 is 0.467 bits per heavy atom. The second-order valence-electron chi connectivity index (χ2n) is 13.9. The molecule has 45 heavy (non-hydrogen) atoms. The molecule has 0 N–H and O–H groups in total. The van der Waals surface area contributed by atoms with Gasteiger partial charge in [0.1, 0.15) is 13.2 Å². The van der Waals surface area contributed by atoms with Crippen LogP contribution in [0.3, 0.4) is 0 Å². The molecular weight excluding hydrogens is 564 g/mol. The highest BCUT2D eigenvalue weighted by Crippen LogP contribution is 2.16. The molecule has 0 aromatic carbocycles. The first-order chi connectivity index (χ1) is 21.8. The third-order valence-corrected chi connectivity index (χ3v) is 8.83. The van der Waals surface area contributed by atoms with Gasteiger partial charge in [0.25, 0.3) is 0 Å². The van der Waals surface area contributed by atoms with Crippen LogP contribution >= 0.6 is 0 Å². The molecule has 2 atom stereocenters. The first kappa shape index (κ1) is 43.4. The minimum absolute atomic E-state index is 0.0681. The number of carbonyl (C=O) groups excluding carboxylic acids is 3. The Kier molecular flexibility index (Phi) is 31.2. The second kappa shape index (κ2) is 32.4. The smallest absolute Gasteiger partial charge is 0.306 e. The maximum absolute atomic E-state index is 12.6. The Morgan fingerprint density at radius 2 is 0.844 bits per heavy atom. The fourth-order valence-corrected chi connectivity index (χ4v) is 5.48. The van der Waals surface area contributed by atoms with Crippen LogP contribution in [0.15, 0.2) is 0 Å². The summed E-state index contributed by atoms with van der Waals surface area (Å²) >= 11 is 0. The molecule has 0 spiro atoms. The van der Waals surface area contributed by atoms with Crippen LogP contribution in [0.4, 0.5) is 0 Å². The monoisotopic (exact) mass is 639 g/mol. The van der Waals surface area contributed by atoms with E-state index in [0.717, 1.165) is 69.6 Å². The molecule has 1 unspecified atom stereocenters. The summed E-state index contributed by atoms with van der Waals surface area (Å²) in [6.45, 7) is 11.2. The van der Waals surface area contributed by atoms with Crippen LogP contribution in [0.25, 0.3) is 0 Å². The lowest BCUT2D eigenvalue weighted by atomic mass is 10.00. The Bertz CT molecular complexity index is 691. The van der Waals surface area contributed by atoms with E-state index in [1.54, 1.807) is 0 Å². The number of hydrogen-bond donors (Lipinski definition) is 0. The molecule has 0 bridgehead atoms. The van der Waals surface area contributed by atoms with E-state index >= 15 is 0 Å². The van der Waals surface area contributed by atoms with Gasteiger partial charge in [0, 0.05) is 19.3 Å². The fraction of sp³-hybridized carbons (Fsp3) is 0.923. The zero-order valence-electron chi connectivity index (χ0n) is 30.5. The van der Waals surface area contributed by atoms with Crippen LogP contribution in [0.5, 0.6) is 0 Å². The highest BCUT2D eigenvalue weighted by molar-refractivity contribution is 5.71. The Labute approximate surface area is 278 Å². The quantitative estimate of drug-likeness (QED) is 0.0404. The molecule has 0 aliphatic heterocycles. The summed E-state index contributed by atoms with van der Waals surface area (Å²) in [6, 6.07) is 0. The number of unbranched alkanes of at least 4 members (excludes halogenated alkanes) is 17. The Morgan fingerprint density at radius 3 is 1.27 bits per heavy atom. The van der Waals surface area contributed by atoms with Gasteiger partial charge in [0.05, 0.1) is 0 Å². The number of carbonyl (C=O) groups is 3. The molecule has 0 amide bonds. The zero-order valence-corrected chi connectivity index (χ0v) is 30.5. The molecule has 0 radical (unpaired) electrons. The molecule has 6 heteroatoms. The van der Waals surface area contributed by atoms with Crippen molar-refractivity contribution >= 4 is 17.9 Å². The van der Waals surface area contributed by atoms with Gasteiger partial charge in [-0.3, -0.25) is 14.4 Å². The second-order valence-corrected chi connectivity index (χ2v) is 13.9. The third-order valence-electron chi connectivity index (χ3n) is 8.83. The van der Waals surface area contributed by atoms with E-state index in [4.69, 9.17) is 14.2 Å². The molecule has 0 aliphatic rings. The molecule has 0 aromatic heterocycles. The predicted molar refractivity (Wildman–Crippen MR) is 187 cm³/mol. The van der Waals surface area contributed by atoms with Gasteiger partial charge in [-0.05, 0) is 31.1 Å². The summed E-state index contributed by atoms with van der Waals surface area (Å²) in [5.74, 6) is 0.712. The van der Waals surface area contributed by atoms with Gasteiger partial charge < -0.3 is 14.2 Å². The van der Waals surface area contributed by atoms with Crippen molar-refractivity contribution in [1.82, 2.24) is 0 Å². The summed E-state index contributed by atoms with van der Waals surface area (Å²) in [7, 11) is 0. The SMILES string of the molecule is CCCCCCCCCC(=O)OC[C@H](COC(=O)CCCCCCCCCC(C)C)OC(=O)CCCCCCCCC(C)CC. The van der Waals surface area contributed by atoms with E-state index < -0.39 is 6.10 Å². The van der Waals surface area contributed by atoms with Crippen LogP contribution in [-0.2, 0) is 28.6 Å². The van der Waals surface area contributed by atoms with Crippen LogP contribution in [-0.4, -0.2) is 37.2 Å². The lowest BCUT2D eigenvalue weighted by Crippen LogP contribution is -2.30. The van der Waals surface area contributed by atoms with Crippen molar-refractivity contribution in [3.05, 3.63) is 0 Å². The summed E-state index contributed by atoms with van der Waals surface area (Å²) in [5.41, 5.74) is 0. The number of ether oxygens (including phenoxy) is 3. The van der Waals surface area contributed by atoms with Crippen molar-refractivity contribution in [1.29, 1.82) is 0 Å². The van der Waals surface area contributed by atoms with Gasteiger partial charge in [-0.15, -0.1) is 0 Å². The summed E-state index contributed by atoms with van der Waals surface area (Å²) in [5, 5.41) is 0. The lowest BCUT2D eigenvalue weighted by Gasteiger charge is -2.18.